The zero-order valence-electron chi connectivity index (χ0n) is 19.2. The highest BCUT2D eigenvalue weighted by molar-refractivity contribution is 7.20. The number of carbonyl (C=O) groups is 2. The Morgan fingerprint density at radius 1 is 1.09 bits per heavy atom. The van der Waals surface area contributed by atoms with Gasteiger partial charge in [0.1, 0.15) is 15.7 Å². The minimum atomic E-state index is -0.786. The van der Waals surface area contributed by atoms with E-state index in [1.807, 2.05) is 61.5 Å². The van der Waals surface area contributed by atoms with Gasteiger partial charge in [0.2, 0.25) is 5.91 Å². The van der Waals surface area contributed by atoms with Gasteiger partial charge in [-0.1, -0.05) is 48.0 Å². The summed E-state index contributed by atoms with van der Waals surface area (Å²) in [5, 5.41) is 3.15. The first-order valence-corrected chi connectivity index (χ1v) is 11.8. The van der Waals surface area contributed by atoms with Gasteiger partial charge in [-0.25, -0.2) is 9.78 Å². The lowest BCUT2D eigenvalue weighted by molar-refractivity contribution is -0.118. The molecule has 0 aliphatic heterocycles. The average Bonchev–Trinajstić information content (AvgIpc) is 3.18. The summed E-state index contributed by atoms with van der Waals surface area (Å²) < 4.78 is 6.73. The van der Waals surface area contributed by atoms with Crippen molar-refractivity contribution in [2.45, 2.75) is 33.2 Å². The van der Waals surface area contributed by atoms with Gasteiger partial charge in [0, 0.05) is 12.1 Å². The molecule has 1 N–H and O–H groups in total. The van der Waals surface area contributed by atoms with Crippen molar-refractivity contribution in [2.75, 3.05) is 11.9 Å². The molecule has 4 rings (SSSR count). The number of anilines is 1. The Bertz CT molecular complexity index is 1390. The van der Waals surface area contributed by atoms with E-state index < -0.39 is 12.0 Å². The lowest BCUT2D eigenvalue weighted by Gasteiger charge is -2.15. The summed E-state index contributed by atoms with van der Waals surface area (Å²) in [4.78, 5) is 43.8. The Balaban J connectivity index is 1.52. The highest BCUT2D eigenvalue weighted by Crippen LogP contribution is 2.28. The molecule has 2 aromatic heterocycles. The molecule has 7 nitrogen and oxygen atoms in total. The molecule has 0 saturated carbocycles. The molecule has 174 valence electrons. The van der Waals surface area contributed by atoms with Gasteiger partial charge >= 0.3 is 5.97 Å². The second-order valence-corrected chi connectivity index (χ2v) is 9.10. The van der Waals surface area contributed by atoms with Gasteiger partial charge in [-0.15, -0.1) is 11.3 Å². The molecule has 34 heavy (non-hydrogen) atoms. The van der Waals surface area contributed by atoms with Crippen LogP contribution < -0.4 is 10.9 Å². The van der Waals surface area contributed by atoms with Crippen molar-refractivity contribution in [3.8, 4) is 0 Å². The molecule has 1 atom stereocenters. The van der Waals surface area contributed by atoms with Crippen LogP contribution in [0.1, 0.15) is 39.3 Å². The van der Waals surface area contributed by atoms with Crippen LogP contribution in [0.15, 0.2) is 65.7 Å². The third-order valence-electron chi connectivity index (χ3n) is 5.64. The summed E-state index contributed by atoms with van der Waals surface area (Å²) in [6.45, 7) is 5.55. The molecule has 8 heteroatoms. The second-order valence-electron chi connectivity index (χ2n) is 8.10. The van der Waals surface area contributed by atoms with Crippen molar-refractivity contribution in [3.05, 3.63) is 92.8 Å². The smallest absolute Gasteiger partial charge is 0.348 e. The van der Waals surface area contributed by atoms with Gasteiger partial charge in [-0.3, -0.25) is 14.2 Å². The third kappa shape index (κ3) is 4.92. The lowest BCUT2D eigenvalue weighted by Crippen LogP contribution is -2.31. The minimum absolute atomic E-state index is 0.240. The normalized spacial score (nSPS) is 11.9. The van der Waals surface area contributed by atoms with E-state index in [0.717, 1.165) is 22.5 Å². The Kier molecular flexibility index (Phi) is 6.88. The van der Waals surface area contributed by atoms with Gasteiger partial charge in [0.05, 0.1) is 18.3 Å². The van der Waals surface area contributed by atoms with Crippen LogP contribution in [0.4, 0.5) is 5.69 Å². The van der Waals surface area contributed by atoms with Crippen LogP contribution in [0.3, 0.4) is 0 Å². The monoisotopic (exact) mass is 475 g/mol. The number of fused-ring (bicyclic) bond motifs is 1. The number of aryl methyl sites for hydroxylation is 2. The number of nitrogens with zero attached hydrogens (tertiary/aromatic N) is 2. The molecule has 0 spiro atoms. The quantitative estimate of drug-likeness (QED) is 0.392. The Morgan fingerprint density at radius 3 is 2.50 bits per heavy atom. The molecule has 0 aliphatic rings. The number of esters is 1. The van der Waals surface area contributed by atoms with Crippen molar-refractivity contribution >= 4 is 39.1 Å². The van der Waals surface area contributed by atoms with E-state index in [4.69, 9.17) is 4.74 Å². The summed E-state index contributed by atoms with van der Waals surface area (Å²) in [6.07, 6.45) is 1.96. The van der Waals surface area contributed by atoms with E-state index >= 15 is 0 Å². The molecular formula is C26H25N3O4S. The second kappa shape index (κ2) is 10.0. The molecule has 0 bridgehead atoms. The molecule has 0 saturated heterocycles. The van der Waals surface area contributed by atoms with Crippen LogP contribution in [-0.4, -0.2) is 28.0 Å². The average molecular weight is 476 g/mol. The standard InChI is InChI=1S/C26H25N3O4S/c1-16-9-11-20(12-10-16)28-23(30)18(3)29-15-27-24-21(25(29)31)17(2)22(34-24)26(32)33-14-13-19-7-5-4-6-8-19/h4-12,15,18H,13-14H2,1-3H3,(H,28,30). The van der Waals surface area contributed by atoms with Crippen LogP contribution in [0.2, 0.25) is 0 Å². The zero-order chi connectivity index (χ0) is 24.2. The van der Waals surface area contributed by atoms with Crippen LogP contribution in [-0.2, 0) is 16.0 Å². The highest BCUT2D eigenvalue weighted by Gasteiger charge is 2.23. The van der Waals surface area contributed by atoms with E-state index in [1.54, 1.807) is 13.8 Å². The van der Waals surface area contributed by atoms with Crippen LogP contribution in [0.25, 0.3) is 10.2 Å². The number of hydrogen-bond donors (Lipinski definition) is 1. The lowest BCUT2D eigenvalue weighted by atomic mass is 10.2. The fourth-order valence-electron chi connectivity index (χ4n) is 3.59. The highest BCUT2D eigenvalue weighted by atomic mass is 32.1. The topological polar surface area (TPSA) is 90.3 Å². The fourth-order valence-corrected chi connectivity index (χ4v) is 4.62. The maximum Gasteiger partial charge on any atom is 0.348 e. The van der Waals surface area contributed by atoms with E-state index in [0.29, 0.717) is 32.8 Å². The van der Waals surface area contributed by atoms with Crippen LogP contribution in [0.5, 0.6) is 0 Å². The number of nitrogens with one attached hydrogen (secondary N) is 1. The molecule has 2 heterocycles. The SMILES string of the molecule is Cc1ccc(NC(=O)C(C)n2cnc3sc(C(=O)OCCc4ccccc4)c(C)c3c2=O)cc1. The van der Waals surface area contributed by atoms with E-state index in [-0.39, 0.29) is 18.1 Å². The Hall–Kier alpha value is -3.78. The molecule has 1 amide bonds. The summed E-state index contributed by atoms with van der Waals surface area (Å²) in [5.41, 5.74) is 2.96. The van der Waals surface area contributed by atoms with E-state index in [2.05, 4.69) is 10.3 Å². The third-order valence-corrected chi connectivity index (χ3v) is 6.82. The van der Waals surface area contributed by atoms with Gasteiger partial charge in [-0.2, -0.15) is 0 Å². The molecule has 0 aliphatic carbocycles. The van der Waals surface area contributed by atoms with Gasteiger partial charge in [-0.05, 0) is 44.0 Å². The number of hydrogen-bond acceptors (Lipinski definition) is 6. The number of ether oxygens (including phenoxy) is 1. The predicted octanol–water partition coefficient (Wildman–Crippen LogP) is 4.67. The van der Waals surface area contributed by atoms with Gasteiger partial charge in [0.25, 0.3) is 5.56 Å². The van der Waals surface area contributed by atoms with Crippen molar-refractivity contribution in [1.82, 2.24) is 9.55 Å². The minimum Gasteiger partial charge on any atom is -0.461 e. The predicted molar refractivity (Wildman–Crippen MR) is 134 cm³/mol. The maximum atomic E-state index is 13.2. The number of thiophene rings is 1. The summed E-state index contributed by atoms with van der Waals surface area (Å²) in [6, 6.07) is 16.4. The Labute approximate surface area is 201 Å². The molecule has 0 radical (unpaired) electrons. The largest absolute Gasteiger partial charge is 0.461 e. The molecule has 1 unspecified atom stereocenters. The van der Waals surface area contributed by atoms with Crippen molar-refractivity contribution in [2.24, 2.45) is 0 Å². The Morgan fingerprint density at radius 2 is 1.79 bits per heavy atom. The first-order chi connectivity index (χ1) is 16.3. The molecule has 2 aromatic carbocycles. The first kappa shape index (κ1) is 23.4. The summed E-state index contributed by atoms with van der Waals surface area (Å²) in [7, 11) is 0. The first-order valence-electron chi connectivity index (χ1n) is 10.9. The van der Waals surface area contributed by atoms with Crippen LogP contribution in [0, 0.1) is 13.8 Å². The van der Waals surface area contributed by atoms with Gasteiger partial charge in [0.15, 0.2) is 0 Å². The van der Waals surface area contributed by atoms with Crippen LogP contribution >= 0.6 is 11.3 Å². The number of aromatic nitrogens is 2. The summed E-state index contributed by atoms with van der Waals surface area (Å²) in [5.74, 6) is -0.812. The van der Waals surface area contributed by atoms with Crippen molar-refractivity contribution in [1.29, 1.82) is 0 Å². The fraction of sp³-hybridized carbons (Fsp3) is 0.231. The number of rotatable bonds is 7. The molecular weight excluding hydrogens is 450 g/mol. The summed E-state index contributed by atoms with van der Waals surface area (Å²) >= 11 is 1.13. The van der Waals surface area contributed by atoms with E-state index in [9.17, 15) is 14.4 Å². The van der Waals surface area contributed by atoms with Crippen molar-refractivity contribution < 1.29 is 14.3 Å². The number of benzene rings is 2. The molecule has 0 fully saturated rings. The number of amides is 1. The van der Waals surface area contributed by atoms with E-state index in [1.165, 1.54) is 10.9 Å². The zero-order valence-corrected chi connectivity index (χ0v) is 20.0. The van der Waals surface area contributed by atoms with Gasteiger partial charge < -0.3 is 10.1 Å². The van der Waals surface area contributed by atoms with Crippen molar-refractivity contribution in [3.63, 3.8) is 0 Å². The maximum absolute atomic E-state index is 13.2. The number of carbonyl (C=O) groups excluding carboxylic acids is 2. The molecule has 4 aromatic rings.